The molecule has 1 fully saturated rings. The molecule has 0 spiro atoms. The molecule has 1 aromatic heterocycles. The standard InChI is InChI=1S/C27H25F3N6O5/c1-26(2,3)41-25(40)31-17-7-4-14(5-8-17)22-21(33-34-36(22)27(28,29)30)15-6-9-18-16(12-15)13-35(24(18)39)19-10-11-20(37)32-23(19)38/h4-9,12,19H,10-11,13H2,1-3H3,(H,31,40)(H,32,37,38). The molecule has 1 unspecified atom stereocenters. The lowest BCUT2D eigenvalue weighted by molar-refractivity contribution is -0.211. The van der Waals surface area contributed by atoms with Crippen LogP contribution in [0.3, 0.4) is 0 Å². The minimum absolute atomic E-state index is 0.0437. The predicted molar refractivity (Wildman–Crippen MR) is 138 cm³/mol. The fourth-order valence-electron chi connectivity index (χ4n) is 4.77. The zero-order valence-corrected chi connectivity index (χ0v) is 22.2. The van der Waals surface area contributed by atoms with Crippen molar-refractivity contribution < 1.29 is 37.1 Å². The summed E-state index contributed by atoms with van der Waals surface area (Å²) < 4.78 is 46.9. The van der Waals surface area contributed by atoms with Gasteiger partial charge in [-0.25, -0.2) is 4.79 Å². The molecule has 0 aliphatic carbocycles. The number of carbonyl (C=O) groups is 4. The first-order chi connectivity index (χ1) is 19.2. The smallest absolute Gasteiger partial charge is 0.444 e. The average Bonchev–Trinajstić information content (AvgIpc) is 3.45. The van der Waals surface area contributed by atoms with E-state index < -0.39 is 41.8 Å². The van der Waals surface area contributed by atoms with Crippen LogP contribution in [0.25, 0.3) is 22.5 Å². The Morgan fingerprint density at radius 2 is 1.73 bits per heavy atom. The van der Waals surface area contributed by atoms with Crippen LogP contribution in [-0.4, -0.2) is 55.4 Å². The van der Waals surface area contributed by atoms with Crippen molar-refractivity contribution in [3.8, 4) is 22.5 Å². The molecule has 14 heteroatoms. The van der Waals surface area contributed by atoms with E-state index in [4.69, 9.17) is 4.74 Å². The molecule has 214 valence electrons. The SMILES string of the molecule is CC(C)(C)OC(=O)Nc1ccc(-c2c(-c3ccc4c(c3)CN(C3CCC(=O)NC3=O)C4=O)nnn2C(F)(F)F)cc1. The Balaban J connectivity index is 1.46. The highest BCUT2D eigenvalue weighted by Gasteiger charge is 2.40. The molecule has 0 radical (unpaired) electrons. The van der Waals surface area contributed by atoms with Crippen molar-refractivity contribution in [2.75, 3.05) is 5.32 Å². The summed E-state index contributed by atoms with van der Waals surface area (Å²) in [5.74, 6) is -1.39. The molecule has 3 heterocycles. The van der Waals surface area contributed by atoms with Gasteiger partial charge in [0.25, 0.3) is 5.91 Å². The van der Waals surface area contributed by atoms with Crippen LogP contribution in [0.5, 0.6) is 0 Å². The maximum absolute atomic E-state index is 13.9. The van der Waals surface area contributed by atoms with E-state index in [1.807, 2.05) is 0 Å². The Labute approximate surface area is 231 Å². The summed E-state index contributed by atoms with van der Waals surface area (Å²) in [5, 5.41) is 11.9. The van der Waals surface area contributed by atoms with Crippen molar-refractivity contribution in [2.24, 2.45) is 0 Å². The number of amides is 4. The zero-order chi connectivity index (χ0) is 29.7. The summed E-state index contributed by atoms with van der Waals surface area (Å²) in [7, 11) is 0. The van der Waals surface area contributed by atoms with Gasteiger partial charge in [0.2, 0.25) is 11.8 Å². The van der Waals surface area contributed by atoms with Gasteiger partial charge in [0.1, 0.15) is 23.0 Å². The highest BCUT2D eigenvalue weighted by molar-refractivity contribution is 6.05. The number of benzene rings is 2. The molecule has 2 aliphatic rings. The molecule has 0 saturated carbocycles. The monoisotopic (exact) mass is 570 g/mol. The number of rotatable bonds is 4. The summed E-state index contributed by atoms with van der Waals surface area (Å²) in [5.41, 5.74) is 0.366. The second-order valence-corrected chi connectivity index (χ2v) is 10.6. The number of nitrogens with zero attached hydrogens (tertiary/aromatic N) is 4. The molecule has 3 aromatic rings. The van der Waals surface area contributed by atoms with E-state index in [1.54, 1.807) is 26.8 Å². The van der Waals surface area contributed by atoms with E-state index in [9.17, 15) is 32.3 Å². The van der Waals surface area contributed by atoms with Gasteiger partial charge in [-0.1, -0.05) is 23.4 Å². The van der Waals surface area contributed by atoms with Crippen LogP contribution in [0.2, 0.25) is 0 Å². The van der Waals surface area contributed by atoms with Gasteiger partial charge in [0.05, 0.1) is 0 Å². The van der Waals surface area contributed by atoms with Crippen LogP contribution in [-0.2, 0) is 27.2 Å². The van der Waals surface area contributed by atoms with Gasteiger partial charge in [-0.3, -0.25) is 25.0 Å². The summed E-state index contributed by atoms with van der Waals surface area (Å²) in [4.78, 5) is 50.3. The Hall–Kier alpha value is -4.75. The fraction of sp³-hybridized carbons (Fsp3) is 0.333. The van der Waals surface area contributed by atoms with E-state index in [0.717, 1.165) is 0 Å². The molecular weight excluding hydrogens is 545 g/mol. The van der Waals surface area contributed by atoms with Gasteiger partial charge in [-0.2, -0.15) is 0 Å². The molecule has 1 atom stereocenters. The summed E-state index contributed by atoms with van der Waals surface area (Å²) in [6.07, 6.45) is -5.33. The first-order valence-electron chi connectivity index (χ1n) is 12.6. The number of aromatic nitrogens is 3. The number of ether oxygens (including phenoxy) is 1. The number of halogens is 3. The van der Waals surface area contributed by atoms with Crippen LogP contribution in [0.15, 0.2) is 42.5 Å². The van der Waals surface area contributed by atoms with Crippen LogP contribution in [0.4, 0.5) is 23.7 Å². The number of hydrogen-bond acceptors (Lipinski definition) is 7. The Morgan fingerprint density at radius 1 is 1.05 bits per heavy atom. The summed E-state index contributed by atoms with van der Waals surface area (Å²) >= 11 is 0. The molecule has 1 saturated heterocycles. The van der Waals surface area contributed by atoms with Crippen molar-refractivity contribution >= 4 is 29.5 Å². The lowest BCUT2D eigenvalue weighted by atomic mass is 10.0. The van der Waals surface area contributed by atoms with Gasteiger partial charge in [0, 0.05) is 35.3 Å². The molecule has 4 amide bonds. The average molecular weight is 571 g/mol. The number of imide groups is 1. The van der Waals surface area contributed by atoms with Crippen LogP contribution >= 0.6 is 0 Å². The number of nitrogens with one attached hydrogen (secondary N) is 2. The van der Waals surface area contributed by atoms with Crippen molar-refractivity contribution in [2.45, 2.75) is 58.1 Å². The quantitative estimate of drug-likeness (QED) is 0.449. The van der Waals surface area contributed by atoms with Crippen LogP contribution in [0.1, 0.15) is 49.5 Å². The second kappa shape index (κ2) is 10.0. The van der Waals surface area contributed by atoms with Gasteiger partial charge < -0.3 is 9.64 Å². The minimum Gasteiger partial charge on any atom is -0.444 e. The van der Waals surface area contributed by atoms with Gasteiger partial charge in [-0.05, 0) is 57.0 Å². The van der Waals surface area contributed by atoms with Crippen molar-refractivity contribution in [1.29, 1.82) is 0 Å². The molecule has 0 bridgehead atoms. The van der Waals surface area contributed by atoms with Crippen LogP contribution < -0.4 is 10.6 Å². The number of carbonyl (C=O) groups excluding carboxylic acids is 4. The first-order valence-corrected chi connectivity index (χ1v) is 12.6. The normalized spacial score (nSPS) is 17.4. The third-order valence-electron chi connectivity index (χ3n) is 6.51. The summed E-state index contributed by atoms with van der Waals surface area (Å²) in [6.45, 7) is 5.14. The second-order valence-electron chi connectivity index (χ2n) is 10.6. The van der Waals surface area contributed by atoms with E-state index >= 15 is 0 Å². The van der Waals surface area contributed by atoms with Gasteiger partial charge >= 0.3 is 12.4 Å². The lowest BCUT2D eigenvalue weighted by Gasteiger charge is -2.29. The molecule has 2 N–H and O–H groups in total. The fourth-order valence-corrected chi connectivity index (χ4v) is 4.77. The predicted octanol–water partition coefficient (Wildman–Crippen LogP) is 4.20. The van der Waals surface area contributed by atoms with Crippen molar-refractivity contribution in [1.82, 2.24) is 25.2 Å². The lowest BCUT2D eigenvalue weighted by Crippen LogP contribution is -2.52. The molecule has 41 heavy (non-hydrogen) atoms. The first kappa shape index (κ1) is 27.8. The maximum atomic E-state index is 13.9. The number of anilines is 1. The van der Waals surface area contributed by atoms with Gasteiger partial charge in [-0.15, -0.1) is 23.0 Å². The van der Waals surface area contributed by atoms with Crippen LogP contribution in [0, 0.1) is 0 Å². The zero-order valence-electron chi connectivity index (χ0n) is 22.2. The number of fused-ring (bicyclic) bond motifs is 1. The molecular formula is C27H25F3N6O5. The number of alkyl halides is 3. The van der Waals surface area contributed by atoms with Crippen molar-refractivity contribution in [3.63, 3.8) is 0 Å². The molecule has 11 nitrogen and oxygen atoms in total. The van der Waals surface area contributed by atoms with Crippen molar-refractivity contribution in [3.05, 3.63) is 53.6 Å². The Kier molecular flexibility index (Phi) is 6.79. The topological polar surface area (TPSA) is 136 Å². The molecule has 5 rings (SSSR count). The van der Waals surface area contributed by atoms with E-state index in [1.165, 1.54) is 41.3 Å². The number of piperidine rings is 1. The highest BCUT2D eigenvalue weighted by Crippen LogP contribution is 2.38. The van der Waals surface area contributed by atoms with Gasteiger partial charge in [0.15, 0.2) is 0 Å². The Bertz CT molecular complexity index is 1560. The van der Waals surface area contributed by atoms with E-state index in [-0.39, 0.29) is 46.6 Å². The minimum atomic E-state index is -4.89. The third kappa shape index (κ3) is 5.62. The molecule has 2 aromatic carbocycles. The highest BCUT2D eigenvalue weighted by atomic mass is 19.4. The summed E-state index contributed by atoms with van der Waals surface area (Å²) in [6, 6.07) is 9.29. The number of hydrogen-bond donors (Lipinski definition) is 2. The van der Waals surface area contributed by atoms with E-state index in [0.29, 0.717) is 16.8 Å². The maximum Gasteiger partial charge on any atom is 0.506 e. The van der Waals surface area contributed by atoms with E-state index in [2.05, 4.69) is 20.9 Å². The molecule has 2 aliphatic heterocycles. The third-order valence-corrected chi connectivity index (χ3v) is 6.51. The Morgan fingerprint density at radius 3 is 2.37 bits per heavy atom. The largest absolute Gasteiger partial charge is 0.506 e.